The van der Waals surface area contributed by atoms with E-state index >= 15 is 0 Å². The highest BCUT2D eigenvalue weighted by molar-refractivity contribution is 6.00. The number of benzene rings is 2. The van der Waals surface area contributed by atoms with Crippen molar-refractivity contribution in [3.63, 3.8) is 0 Å². The van der Waals surface area contributed by atoms with Crippen molar-refractivity contribution in [2.24, 2.45) is 0 Å². The van der Waals surface area contributed by atoms with Crippen LogP contribution in [0.5, 0.6) is 5.75 Å². The summed E-state index contributed by atoms with van der Waals surface area (Å²) < 4.78 is 0. The zero-order valence-electron chi connectivity index (χ0n) is 18.7. The van der Waals surface area contributed by atoms with E-state index in [1.165, 1.54) is 5.56 Å². The van der Waals surface area contributed by atoms with Crippen LogP contribution in [0.15, 0.2) is 36.4 Å². The van der Waals surface area contributed by atoms with Crippen molar-refractivity contribution >= 4 is 5.91 Å². The Morgan fingerprint density at radius 2 is 1.81 bits per heavy atom. The third-order valence-electron chi connectivity index (χ3n) is 5.99. The quantitative estimate of drug-likeness (QED) is 0.590. The van der Waals surface area contributed by atoms with E-state index in [4.69, 9.17) is 0 Å². The lowest BCUT2D eigenvalue weighted by Crippen LogP contribution is -2.32. The lowest BCUT2D eigenvalue weighted by molar-refractivity contribution is 0.0706. The Balaban J connectivity index is 1.90. The summed E-state index contributed by atoms with van der Waals surface area (Å²) in [6.45, 7) is 10.4. The number of hydrogen-bond acceptors (Lipinski definition) is 4. The Hall–Kier alpha value is -3.12. The maximum Gasteiger partial charge on any atom is 0.273 e. The fraction of sp³-hybridized carbons (Fsp3) is 0.360. The summed E-state index contributed by atoms with van der Waals surface area (Å²) >= 11 is 0. The van der Waals surface area contributed by atoms with Gasteiger partial charge in [0.15, 0.2) is 0 Å². The summed E-state index contributed by atoms with van der Waals surface area (Å²) in [4.78, 5) is 14.8. The SMILES string of the molecule is Cc1cc(C)c(-c2n[nH]c3c2C(c2ccc(C(C)(C)C)cc2)N(CCO)C3=O)c(O)c1. The highest BCUT2D eigenvalue weighted by Gasteiger charge is 2.42. The number of aromatic hydroxyl groups is 1. The van der Waals surface area contributed by atoms with Crippen molar-refractivity contribution in [1.29, 1.82) is 0 Å². The number of rotatable bonds is 4. The molecule has 0 radical (unpaired) electrons. The number of nitrogens with one attached hydrogen (secondary N) is 1. The Morgan fingerprint density at radius 3 is 2.39 bits per heavy atom. The number of nitrogens with zero attached hydrogens (tertiary/aromatic N) is 2. The first kappa shape index (κ1) is 21.1. The van der Waals surface area contributed by atoms with E-state index in [9.17, 15) is 15.0 Å². The Morgan fingerprint density at radius 1 is 1.13 bits per heavy atom. The molecule has 0 aliphatic carbocycles. The predicted molar refractivity (Wildman–Crippen MR) is 120 cm³/mol. The molecule has 31 heavy (non-hydrogen) atoms. The van der Waals surface area contributed by atoms with Crippen molar-refractivity contribution in [3.05, 3.63) is 69.9 Å². The standard InChI is InChI=1S/C25H29N3O3/c1-14-12-15(2)19(18(30)13-14)21-20-22(27-26-21)24(31)28(10-11-29)23(20)16-6-8-17(9-7-16)25(3,4)5/h6-9,12-13,23,29-30H,10-11H2,1-5H3,(H,26,27). The van der Waals surface area contributed by atoms with Crippen LogP contribution in [-0.4, -0.2) is 44.4 Å². The van der Waals surface area contributed by atoms with Crippen LogP contribution in [0.25, 0.3) is 11.3 Å². The van der Waals surface area contributed by atoms with Crippen molar-refractivity contribution in [2.45, 2.75) is 46.1 Å². The maximum absolute atomic E-state index is 13.1. The second-order valence-electron chi connectivity index (χ2n) is 9.33. The number of carbonyl (C=O) groups is 1. The minimum absolute atomic E-state index is 0.0194. The van der Waals surface area contributed by atoms with Crippen molar-refractivity contribution in [1.82, 2.24) is 15.1 Å². The summed E-state index contributed by atoms with van der Waals surface area (Å²) in [5.74, 6) is -0.0568. The van der Waals surface area contributed by atoms with Crippen LogP contribution in [0.1, 0.15) is 65.1 Å². The zero-order chi connectivity index (χ0) is 22.5. The Bertz CT molecular complexity index is 1120. The zero-order valence-corrected chi connectivity index (χ0v) is 18.7. The molecule has 1 atom stereocenters. The van der Waals surface area contributed by atoms with E-state index in [-0.39, 0.29) is 30.2 Å². The summed E-state index contributed by atoms with van der Waals surface area (Å²) in [6, 6.07) is 11.6. The van der Waals surface area contributed by atoms with Gasteiger partial charge in [-0.25, -0.2) is 0 Å². The van der Waals surface area contributed by atoms with E-state index in [2.05, 4.69) is 43.1 Å². The number of aliphatic hydroxyl groups is 1. The van der Waals surface area contributed by atoms with Crippen molar-refractivity contribution < 1.29 is 15.0 Å². The molecule has 2 heterocycles. The molecule has 4 rings (SSSR count). The molecule has 1 aromatic heterocycles. The Kier molecular flexibility index (Phi) is 5.13. The average molecular weight is 420 g/mol. The molecule has 0 saturated carbocycles. The molecule has 3 aromatic rings. The van der Waals surface area contributed by atoms with Crippen LogP contribution in [0.2, 0.25) is 0 Å². The number of H-pyrrole nitrogens is 1. The average Bonchev–Trinajstić information content (AvgIpc) is 3.21. The van der Waals surface area contributed by atoms with Gasteiger partial charge in [0.2, 0.25) is 0 Å². The van der Waals surface area contributed by atoms with Crippen LogP contribution in [0, 0.1) is 13.8 Å². The number of aryl methyl sites for hydroxylation is 2. The third-order valence-corrected chi connectivity index (χ3v) is 5.99. The monoisotopic (exact) mass is 419 g/mol. The van der Waals surface area contributed by atoms with Gasteiger partial charge >= 0.3 is 0 Å². The normalized spacial score (nSPS) is 16.1. The molecule has 1 aliphatic heterocycles. The lowest BCUT2D eigenvalue weighted by Gasteiger charge is -2.27. The van der Waals surface area contributed by atoms with Crippen LogP contribution in [0.4, 0.5) is 0 Å². The number of aliphatic hydroxyl groups excluding tert-OH is 1. The van der Waals surface area contributed by atoms with E-state index in [0.29, 0.717) is 17.0 Å². The largest absolute Gasteiger partial charge is 0.507 e. The predicted octanol–water partition coefficient (Wildman–Crippen LogP) is 4.23. The lowest BCUT2D eigenvalue weighted by atomic mass is 9.85. The number of phenolic OH excluding ortho intramolecular Hbond substituents is 1. The highest BCUT2D eigenvalue weighted by Crippen LogP contribution is 2.45. The van der Waals surface area contributed by atoms with Gasteiger partial charge < -0.3 is 15.1 Å². The molecule has 6 heteroatoms. The minimum Gasteiger partial charge on any atom is -0.507 e. The van der Waals surface area contributed by atoms with E-state index in [1.807, 2.05) is 32.0 Å². The van der Waals surface area contributed by atoms with Crippen LogP contribution < -0.4 is 0 Å². The molecule has 0 saturated heterocycles. The summed E-state index contributed by atoms with van der Waals surface area (Å²) in [6.07, 6.45) is 0. The third kappa shape index (κ3) is 3.51. The van der Waals surface area contributed by atoms with Gasteiger partial charge in [0.25, 0.3) is 5.91 Å². The fourth-order valence-electron chi connectivity index (χ4n) is 4.49. The molecule has 6 nitrogen and oxygen atoms in total. The number of aromatic amines is 1. The molecule has 0 fully saturated rings. The second kappa shape index (κ2) is 7.54. The molecule has 1 amide bonds. The van der Waals surface area contributed by atoms with Crippen molar-refractivity contribution in [2.75, 3.05) is 13.2 Å². The number of β-amino-alcohol motifs (C(OH)–C–C–N with tert-alkyl or cyclic N) is 1. The first-order valence-corrected chi connectivity index (χ1v) is 10.5. The van der Waals surface area contributed by atoms with Crippen LogP contribution in [0.3, 0.4) is 0 Å². The van der Waals surface area contributed by atoms with Gasteiger partial charge in [-0.1, -0.05) is 51.1 Å². The van der Waals surface area contributed by atoms with E-state index < -0.39 is 6.04 Å². The number of fused-ring (bicyclic) bond motifs is 1. The number of hydrogen-bond donors (Lipinski definition) is 3. The number of amides is 1. The Labute approximate surface area is 182 Å². The van der Waals surface area contributed by atoms with Crippen LogP contribution in [-0.2, 0) is 5.41 Å². The summed E-state index contributed by atoms with van der Waals surface area (Å²) in [5.41, 5.74) is 6.36. The van der Waals surface area contributed by atoms with Gasteiger partial charge in [-0.15, -0.1) is 0 Å². The van der Waals surface area contributed by atoms with Gasteiger partial charge in [-0.05, 0) is 47.6 Å². The molecule has 1 aliphatic rings. The summed E-state index contributed by atoms with van der Waals surface area (Å²) in [5, 5.41) is 27.7. The van der Waals surface area contributed by atoms with Gasteiger partial charge in [0.05, 0.1) is 12.6 Å². The second-order valence-corrected chi connectivity index (χ2v) is 9.33. The minimum atomic E-state index is -0.391. The van der Waals surface area contributed by atoms with Gasteiger partial charge in [0, 0.05) is 17.7 Å². The molecule has 2 aromatic carbocycles. The molecule has 162 valence electrons. The van der Waals surface area contributed by atoms with E-state index in [0.717, 1.165) is 22.3 Å². The summed E-state index contributed by atoms with van der Waals surface area (Å²) in [7, 11) is 0. The first-order chi connectivity index (χ1) is 14.6. The van der Waals surface area contributed by atoms with E-state index in [1.54, 1.807) is 11.0 Å². The van der Waals surface area contributed by atoms with Gasteiger partial charge in [0.1, 0.15) is 17.1 Å². The topological polar surface area (TPSA) is 89.5 Å². The number of phenols is 1. The number of carbonyl (C=O) groups excluding carboxylic acids is 1. The maximum atomic E-state index is 13.1. The molecule has 3 N–H and O–H groups in total. The molecular weight excluding hydrogens is 390 g/mol. The van der Waals surface area contributed by atoms with Crippen LogP contribution >= 0.6 is 0 Å². The van der Waals surface area contributed by atoms with Crippen molar-refractivity contribution in [3.8, 4) is 17.0 Å². The molecule has 1 unspecified atom stereocenters. The molecular formula is C25H29N3O3. The smallest absolute Gasteiger partial charge is 0.273 e. The molecule has 0 spiro atoms. The highest BCUT2D eigenvalue weighted by atomic mass is 16.3. The van der Waals surface area contributed by atoms with Gasteiger partial charge in [-0.3, -0.25) is 9.89 Å². The first-order valence-electron chi connectivity index (χ1n) is 10.5. The van der Waals surface area contributed by atoms with Gasteiger partial charge in [-0.2, -0.15) is 5.10 Å². The fourth-order valence-corrected chi connectivity index (χ4v) is 4.49. The molecule has 0 bridgehead atoms. The number of aromatic nitrogens is 2.